The van der Waals surface area contributed by atoms with Gasteiger partial charge in [-0.15, -0.1) is 0 Å². The number of carbonyl (C=O) groups excluding carboxylic acids is 1. The highest BCUT2D eigenvalue weighted by Gasteiger charge is 2.26. The van der Waals surface area contributed by atoms with Crippen molar-refractivity contribution in [2.24, 2.45) is 0 Å². The van der Waals surface area contributed by atoms with Crippen LogP contribution in [-0.4, -0.2) is 35.0 Å². The summed E-state index contributed by atoms with van der Waals surface area (Å²) in [5.41, 5.74) is 2.25. The molecule has 0 radical (unpaired) electrons. The minimum atomic E-state index is -0.305. The fourth-order valence-electron chi connectivity index (χ4n) is 3.03. The van der Waals surface area contributed by atoms with E-state index in [1.807, 2.05) is 41.3 Å². The second-order valence-electron chi connectivity index (χ2n) is 6.35. The van der Waals surface area contributed by atoms with Gasteiger partial charge in [0.1, 0.15) is 6.10 Å². The molecule has 1 fully saturated rings. The Morgan fingerprint density at radius 2 is 1.88 bits per heavy atom. The molecular weight excluding hydrogens is 336 g/mol. The summed E-state index contributed by atoms with van der Waals surface area (Å²) in [5, 5.41) is 0.726. The number of nitrogens with zero attached hydrogens (tertiary/aromatic N) is 2. The molecule has 0 spiro atoms. The number of pyridine rings is 1. The van der Waals surface area contributed by atoms with Crippen LogP contribution in [0.25, 0.3) is 0 Å². The Balaban J connectivity index is 1.68. The Hall–Kier alpha value is -1.91. The van der Waals surface area contributed by atoms with Gasteiger partial charge in [0.2, 0.25) is 0 Å². The molecule has 0 saturated carbocycles. The number of aromatic nitrogens is 1. The van der Waals surface area contributed by atoms with E-state index < -0.39 is 0 Å². The topological polar surface area (TPSA) is 42.4 Å². The van der Waals surface area contributed by atoms with Crippen LogP contribution in [0.4, 0.5) is 0 Å². The second-order valence-corrected chi connectivity index (χ2v) is 6.78. The summed E-state index contributed by atoms with van der Waals surface area (Å²) in [5.74, 6) is 0.0884. The molecule has 132 valence electrons. The second kappa shape index (κ2) is 8.97. The van der Waals surface area contributed by atoms with Crippen LogP contribution in [-0.2, 0) is 22.5 Å². The number of rotatable bonds is 6. The minimum Gasteiger partial charge on any atom is -0.368 e. The highest BCUT2D eigenvalue weighted by Crippen LogP contribution is 2.18. The summed E-state index contributed by atoms with van der Waals surface area (Å²) < 4.78 is 5.71. The minimum absolute atomic E-state index is 0.0884. The van der Waals surface area contributed by atoms with Crippen LogP contribution in [0.5, 0.6) is 0 Å². The Labute approximate surface area is 153 Å². The van der Waals surface area contributed by atoms with Crippen LogP contribution < -0.4 is 0 Å². The molecule has 25 heavy (non-hydrogen) atoms. The van der Waals surface area contributed by atoms with Crippen molar-refractivity contribution in [3.8, 4) is 0 Å². The van der Waals surface area contributed by atoms with Crippen LogP contribution in [0.3, 0.4) is 0 Å². The third-order valence-electron chi connectivity index (χ3n) is 4.47. The quantitative estimate of drug-likeness (QED) is 0.787. The molecular formula is C20H23ClN2O2. The van der Waals surface area contributed by atoms with E-state index in [1.54, 1.807) is 12.4 Å². The maximum atomic E-state index is 12.9. The Morgan fingerprint density at radius 1 is 1.12 bits per heavy atom. The van der Waals surface area contributed by atoms with E-state index in [0.29, 0.717) is 19.7 Å². The zero-order chi connectivity index (χ0) is 17.5. The monoisotopic (exact) mass is 358 g/mol. The molecule has 5 heteroatoms. The molecule has 1 saturated heterocycles. The zero-order valence-electron chi connectivity index (χ0n) is 14.2. The van der Waals surface area contributed by atoms with Crippen LogP contribution in [0.1, 0.15) is 30.4 Å². The van der Waals surface area contributed by atoms with Crippen LogP contribution in [0.2, 0.25) is 5.02 Å². The molecule has 0 bridgehead atoms. The van der Waals surface area contributed by atoms with Gasteiger partial charge < -0.3 is 9.64 Å². The van der Waals surface area contributed by atoms with E-state index in [0.717, 1.165) is 36.3 Å². The van der Waals surface area contributed by atoms with Gasteiger partial charge in [-0.1, -0.05) is 23.7 Å². The molecule has 2 heterocycles. The van der Waals surface area contributed by atoms with Crippen molar-refractivity contribution >= 4 is 17.5 Å². The third-order valence-corrected chi connectivity index (χ3v) is 4.73. The summed E-state index contributed by atoms with van der Waals surface area (Å²) in [7, 11) is 0. The van der Waals surface area contributed by atoms with Gasteiger partial charge in [0.25, 0.3) is 5.91 Å². The fraction of sp³-hybridized carbons (Fsp3) is 0.400. The normalized spacial score (nSPS) is 17.2. The van der Waals surface area contributed by atoms with E-state index in [2.05, 4.69) is 4.98 Å². The van der Waals surface area contributed by atoms with Crippen molar-refractivity contribution < 1.29 is 9.53 Å². The summed E-state index contributed by atoms with van der Waals surface area (Å²) in [6, 6.07) is 11.7. The summed E-state index contributed by atoms with van der Waals surface area (Å²) in [6.45, 7) is 1.91. The first-order valence-electron chi connectivity index (χ1n) is 8.76. The summed E-state index contributed by atoms with van der Waals surface area (Å²) >= 11 is 5.95. The lowest BCUT2D eigenvalue weighted by atomic mass is 10.1. The Morgan fingerprint density at radius 3 is 2.56 bits per heavy atom. The van der Waals surface area contributed by atoms with Crippen molar-refractivity contribution in [1.29, 1.82) is 0 Å². The Kier molecular flexibility index (Phi) is 6.42. The van der Waals surface area contributed by atoms with Gasteiger partial charge >= 0.3 is 0 Å². The van der Waals surface area contributed by atoms with E-state index in [1.165, 1.54) is 5.56 Å². The predicted molar refractivity (Wildman–Crippen MR) is 98.4 cm³/mol. The van der Waals surface area contributed by atoms with E-state index in [4.69, 9.17) is 16.3 Å². The Bertz CT molecular complexity index is 670. The lowest BCUT2D eigenvalue weighted by Gasteiger charge is -2.29. The molecule has 0 unspecified atom stereocenters. The zero-order valence-corrected chi connectivity index (χ0v) is 15.0. The van der Waals surface area contributed by atoms with Crippen molar-refractivity contribution in [2.45, 2.75) is 38.3 Å². The standard InChI is InChI=1S/C20H23ClN2O2/c21-18-6-4-16(5-7-18)10-13-23(15-17-8-11-22-12-9-17)20(24)19-3-1-2-14-25-19/h4-9,11-12,19H,1-3,10,13-15H2/t19-/m0/s1. The van der Waals surface area contributed by atoms with Crippen molar-refractivity contribution in [1.82, 2.24) is 9.88 Å². The van der Waals surface area contributed by atoms with Crippen molar-refractivity contribution in [2.75, 3.05) is 13.2 Å². The molecule has 3 rings (SSSR count). The van der Waals surface area contributed by atoms with Gasteiger partial charge in [0.05, 0.1) is 0 Å². The first kappa shape index (κ1) is 17.9. The van der Waals surface area contributed by atoms with Crippen molar-refractivity contribution in [3.63, 3.8) is 0 Å². The molecule has 1 aliphatic heterocycles. The van der Waals surface area contributed by atoms with Gasteiger partial charge in [0, 0.05) is 37.1 Å². The number of halogens is 1. The molecule has 0 aliphatic carbocycles. The van der Waals surface area contributed by atoms with Crippen LogP contribution >= 0.6 is 11.6 Å². The number of hydrogen-bond donors (Lipinski definition) is 0. The van der Waals surface area contributed by atoms with Crippen LogP contribution in [0, 0.1) is 0 Å². The molecule has 4 nitrogen and oxygen atoms in total. The number of amides is 1. The van der Waals surface area contributed by atoms with Gasteiger partial charge in [-0.3, -0.25) is 9.78 Å². The SMILES string of the molecule is O=C([C@@H]1CCCCO1)N(CCc1ccc(Cl)cc1)Cc1ccncc1. The fourth-order valence-corrected chi connectivity index (χ4v) is 3.16. The van der Waals surface area contributed by atoms with Gasteiger partial charge in [-0.2, -0.15) is 0 Å². The molecule has 2 aromatic rings. The number of carbonyl (C=O) groups is 1. The van der Waals surface area contributed by atoms with Crippen molar-refractivity contribution in [3.05, 3.63) is 64.9 Å². The van der Waals surface area contributed by atoms with E-state index in [-0.39, 0.29) is 12.0 Å². The summed E-state index contributed by atoms with van der Waals surface area (Å²) in [6.07, 6.45) is 6.91. The lowest BCUT2D eigenvalue weighted by Crippen LogP contribution is -2.42. The van der Waals surface area contributed by atoms with Crippen LogP contribution in [0.15, 0.2) is 48.8 Å². The average molecular weight is 359 g/mol. The maximum absolute atomic E-state index is 12.9. The summed E-state index contributed by atoms with van der Waals surface area (Å²) in [4.78, 5) is 18.9. The molecule has 1 aliphatic rings. The van der Waals surface area contributed by atoms with Gasteiger partial charge in [-0.25, -0.2) is 0 Å². The molecule has 1 amide bonds. The molecule has 1 aromatic heterocycles. The first-order valence-corrected chi connectivity index (χ1v) is 9.14. The third kappa shape index (κ3) is 5.28. The predicted octanol–water partition coefficient (Wildman–Crippen LogP) is 3.88. The van der Waals surface area contributed by atoms with E-state index in [9.17, 15) is 4.79 Å². The lowest BCUT2D eigenvalue weighted by molar-refractivity contribution is -0.147. The van der Waals surface area contributed by atoms with E-state index >= 15 is 0 Å². The molecule has 1 atom stereocenters. The number of ether oxygens (including phenoxy) is 1. The number of hydrogen-bond acceptors (Lipinski definition) is 3. The molecule has 0 N–H and O–H groups in total. The van der Waals surface area contributed by atoms with Gasteiger partial charge in [0.15, 0.2) is 0 Å². The average Bonchev–Trinajstić information content (AvgIpc) is 2.67. The smallest absolute Gasteiger partial charge is 0.252 e. The number of benzene rings is 1. The highest BCUT2D eigenvalue weighted by atomic mass is 35.5. The maximum Gasteiger partial charge on any atom is 0.252 e. The molecule has 1 aromatic carbocycles. The van der Waals surface area contributed by atoms with Gasteiger partial charge in [-0.05, 0) is 61.1 Å². The first-order chi connectivity index (χ1) is 12.2. The highest BCUT2D eigenvalue weighted by molar-refractivity contribution is 6.30. The largest absolute Gasteiger partial charge is 0.368 e.